The molecule has 2 heterocycles. The molecule has 1 aliphatic carbocycles. The van der Waals surface area contributed by atoms with Crippen LogP contribution >= 0.6 is 0 Å². The van der Waals surface area contributed by atoms with E-state index in [0.717, 1.165) is 36.9 Å². The van der Waals surface area contributed by atoms with Crippen LogP contribution in [0.5, 0.6) is 11.5 Å². The lowest BCUT2D eigenvalue weighted by atomic mass is 9.96. The lowest BCUT2D eigenvalue weighted by molar-refractivity contribution is -0.920. The number of likely N-dealkylation sites (tertiary alicyclic amines) is 1. The Kier molecular flexibility index (Phi) is 7.30. The Labute approximate surface area is 194 Å². The van der Waals surface area contributed by atoms with Crippen molar-refractivity contribution in [1.82, 2.24) is 0 Å². The van der Waals surface area contributed by atoms with E-state index >= 15 is 0 Å². The number of nitrogens with zero attached hydrogens (tertiary/aromatic N) is 2. The molecule has 0 aromatic heterocycles. The van der Waals surface area contributed by atoms with Crippen LogP contribution in [0.1, 0.15) is 50.7 Å². The van der Waals surface area contributed by atoms with Gasteiger partial charge in [-0.25, -0.2) is 0 Å². The second-order valence-electron chi connectivity index (χ2n) is 9.79. The van der Waals surface area contributed by atoms with Gasteiger partial charge in [-0.1, -0.05) is 38.1 Å². The molecular formula is C28H41N2O2+. The van der Waals surface area contributed by atoms with Crippen molar-refractivity contribution in [2.45, 2.75) is 64.5 Å². The van der Waals surface area contributed by atoms with Gasteiger partial charge in [-0.15, -0.1) is 0 Å². The van der Waals surface area contributed by atoms with Crippen LogP contribution in [0, 0.1) is 0 Å². The van der Waals surface area contributed by atoms with Gasteiger partial charge in [0.25, 0.3) is 0 Å². The zero-order chi connectivity index (χ0) is 22.6. The van der Waals surface area contributed by atoms with Gasteiger partial charge in [0.15, 0.2) is 11.5 Å². The molecule has 0 bridgehead atoms. The van der Waals surface area contributed by atoms with Crippen LogP contribution in [-0.2, 0) is 12.8 Å². The van der Waals surface area contributed by atoms with Gasteiger partial charge in [0.05, 0.1) is 26.7 Å². The molecule has 0 saturated carbocycles. The summed E-state index contributed by atoms with van der Waals surface area (Å²) in [6.45, 7) is 7.69. The molecular weight excluding hydrogens is 396 g/mol. The van der Waals surface area contributed by atoms with E-state index in [2.05, 4.69) is 61.5 Å². The zero-order valence-corrected chi connectivity index (χ0v) is 20.5. The van der Waals surface area contributed by atoms with E-state index in [9.17, 15) is 0 Å². The number of fused-ring (bicyclic) bond motifs is 2. The van der Waals surface area contributed by atoms with Crippen molar-refractivity contribution in [3.63, 3.8) is 0 Å². The van der Waals surface area contributed by atoms with Crippen molar-refractivity contribution in [2.24, 2.45) is 0 Å². The van der Waals surface area contributed by atoms with Crippen LogP contribution < -0.4 is 14.4 Å². The van der Waals surface area contributed by atoms with Gasteiger partial charge in [0.1, 0.15) is 13.2 Å². The SMILES string of the molecule is CC.C[N+]1(C)CCCCC1CCN(c1ccc2c(c1)OCCO2)C1Cc2ccccc2C1. The summed E-state index contributed by atoms with van der Waals surface area (Å²) in [7, 11) is 4.84. The van der Waals surface area contributed by atoms with Crippen LogP contribution in [0.3, 0.4) is 0 Å². The standard InChI is InChI=1S/C26H35N2O2.C2H6/c1-28(2)14-6-5-9-24(28)12-13-27(23-17-20-7-3-4-8-21(20)18-23)22-10-11-25-26(19-22)30-16-15-29-25;1-2/h3-4,7-8,10-11,19,23-24H,5-6,9,12-18H2,1-2H3;1-2H3/q+1;. The molecule has 1 atom stereocenters. The van der Waals surface area contributed by atoms with E-state index in [0.29, 0.717) is 19.3 Å². The van der Waals surface area contributed by atoms with Gasteiger partial charge < -0.3 is 18.9 Å². The van der Waals surface area contributed by atoms with Crippen molar-refractivity contribution in [3.05, 3.63) is 53.6 Å². The molecule has 1 unspecified atom stereocenters. The Balaban J connectivity index is 0.00000119. The summed E-state index contributed by atoms with van der Waals surface area (Å²) in [5.41, 5.74) is 4.30. The van der Waals surface area contributed by atoms with E-state index in [1.54, 1.807) is 0 Å². The predicted octanol–water partition coefficient (Wildman–Crippen LogP) is 5.48. The molecule has 1 saturated heterocycles. The summed E-state index contributed by atoms with van der Waals surface area (Å²) in [4.78, 5) is 2.66. The molecule has 3 aliphatic rings. The number of hydrogen-bond acceptors (Lipinski definition) is 3. The summed E-state index contributed by atoms with van der Waals surface area (Å²) in [5, 5.41) is 0. The molecule has 5 rings (SSSR count). The highest BCUT2D eigenvalue weighted by Crippen LogP contribution is 2.37. The minimum atomic E-state index is 0.518. The Morgan fingerprint density at radius 1 is 0.906 bits per heavy atom. The average Bonchev–Trinajstić information content (AvgIpc) is 3.25. The third-order valence-electron chi connectivity index (χ3n) is 7.54. The van der Waals surface area contributed by atoms with Gasteiger partial charge >= 0.3 is 0 Å². The lowest BCUT2D eigenvalue weighted by Gasteiger charge is -2.43. The number of piperidine rings is 1. The first kappa shape index (κ1) is 23.0. The largest absolute Gasteiger partial charge is 0.486 e. The molecule has 2 aromatic rings. The first-order valence-electron chi connectivity index (χ1n) is 12.7. The summed E-state index contributed by atoms with van der Waals surface area (Å²) in [6.07, 6.45) is 7.61. The highest BCUT2D eigenvalue weighted by molar-refractivity contribution is 5.58. The number of anilines is 1. The van der Waals surface area contributed by atoms with E-state index < -0.39 is 0 Å². The maximum Gasteiger partial charge on any atom is 0.163 e. The molecule has 32 heavy (non-hydrogen) atoms. The summed E-state index contributed by atoms with van der Waals surface area (Å²) in [6, 6.07) is 16.8. The summed E-state index contributed by atoms with van der Waals surface area (Å²) in [5.74, 6) is 1.78. The van der Waals surface area contributed by atoms with Crippen LogP contribution in [-0.4, -0.2) is 57.0 Å². The van der Waals surface area contributed by atoms with Crippen molar-refractivity contribution in [2.75, 3.05) is 45.3 Å². The Morgan fingerprint density at radius 3 is 2.28 bits per heavy atom. The van der Waals surface area contributed by atoms with Gasteiger partial charge in [-0.05, 0) is 55.4 Å². The number of rotatable bonds is 5. The number of hydrogen-bond donors (Lipinski definition) is 0. The average molecular weight is 438 g/mol. The second kappa shape index (κ2) is 10.2. The van der Waals surface area contributed by atoms with Gasteiger partial charge in [-0.2, -0.15) is 0 Å². The van der Waals surface area contributed by atoms with Gasteiger partial charge in [-0.3, -0.25) is 0 Å². The molecule has 4 nitrogen and oxygen atoms in total. The minimum Gasteiger partial charge on any atom is -0.486 e. The molecule has 0 amide bonds. The number of benzene rings is 2. The van der Waals surface area contributed by atoms with Crippen LogP contribution in [0.2, 0.25) is 0 Å². The number of ether oxygens (including phenoxy) is 2. The van der Waals surface area contributed by atoms with Crippen LogP contribution in [0.15, 0.2) is 42.5 Å². The van der Waals surface area contributed by atoms with Crippen LogP contribution in [0.4, 0.5) is 5.69 Å². The van der Waals surface area contributed by atoms with Crippen molar-refractivity contribution in [3.8, 4) is 11.5 Å². The smallest absolute Gasteiger partial charge is 0.163 e. The zero-order valence-electron chi connectivity index (χ0n) is 20.5. The molecule has 2 aromatic carbocycles. The van der Waals surface area contributed by atoms with Crippen LogP contribution in [0.25, 0.3) is 0 Å². The van der Waals surface area contributed by atoms with Crippen molar-refractivity contribution >= 4 is 5.69 Å². The molecule has 0 radical (unpaired) electrons. The maximum atomic E-state index is 5.91. The second-order valence-corrected chi connectivity index (χ2v) is 9.79. The molecule has 0 N–H and O–H groups in total. The molecule has 1 fully saturated rings. The fourth-order valence-electron chi connectivity index (χ4n) is 5.70. The first-order valence-corrected chi connectivity index (χ1v) is 12.7. The lowest BCUT2D eigenvalue weighted by Crippen LogP contribution is -2.53. The fourth-order valence-corrected chi connectivity index (χ4v) is 5.70. The van der Waals surface area contributed by atoms with Gasteiger partial charge in [0, 0.05) is 30.8 Å². The Morgan fingerprint density at radius 2 is 1.59 bits per heavy atom. The topological polar surface area (TPSA) is 21.7 Å². The molecule has 174 valence electrons. The van der Waals surface area contributed by atoms with E-state index in [1.165, 1.54) is 53.5 Å². The van der Waals surface area contributed by atoms with E-state index in [4.69, 9.17) is 9.47 Å². The molecule has 2 aliphatic heterocycles. The first-order chi connectivity index (χ1) is 15.6. The molecule has 4 heteroatoms. The highest BCUT2D eigenvalue weighted by Gasteiger charge is 2.33. The van der Waals surface area contributed by atoms with E-state index in [1.807, 2.05) is 13.8 Å². The quantitative estimate of drug-likeness (QED) is 0.579. The minimum absolute atomic E-state index is 0.518. The Hall–Kier alpha value is -2.20. The van der Waals surface area contributed by atoms with Crippen molar-refractivity contribution < 1.29 is 14.0 Å². The third-order valence-corrected chi connectivity index (χ3v) is 7.54. The summed E-state index contributed by atoms with van der Waals surface area (Å²) < 4.78 is 12.8. The van der Waals surface area contributed by atoms with E-state index in [-0.39, 0.29) is 0 Å². The monoisotopic (exact) mass is 437 g/mol. The maximum absolute atomic E-state index is 5.91. The number of quaternary nitrogens is 1. The molecule has 0 spiro atoms. The normalized spacial score (nSPS) is 21.3. The third kappa shape index (κ3) is 4.91. The highest BCUT2D eigenvalue weighted by atomic mass is 16.6. The fraction of sp³-hybridized carbons (Fsp3) is 0.571. The predicted molar refractivity (Wildman–Crippen MR) is 133 cm³/mol. The van der Waals surface area contributed by atoms with Gasteiger partial charge in [0.2, 0.25) is 0 Å². The summed E-state index contributed by atoms with van der Waals surface area (Å²) >= 11 is 0. The Bertz CT molecular complexity index is 870. The van der Waals surface area contributed by atoms with Crippen molar-refractivity contribution in [1.29, 1.82) is 0 Å².